The highest BCUT2D eigenvalue weighted by atomic mass is 16.1. The molecule has 0 bridgehead atoms. The van der Waals surface area contributed by atoms with Gasteiger partial charge in [0.1, 0.15) is 6.29 Å². The van der Waals surface area contributed by atoms with Crippen LogP contribution >= 0.6 is 0 Å². The van der Waals surface area contributed by atoms with Gasteiger partial charge in [0.2, 0.25) is 0 Å². The first-order valence-corrected chi connectivity index (χ1v) is 5.91. The van der Waals surface area contributed by atoms with Crippen LogP contribution in [-0.4, -0.2) is 10.9 Å². The van der Waals surface area contributed by atoms with Gasteiger partial charge >= 0.3 is 0 Å². The number of hydrogen-bond acceptors (Lipinski definition) is 1. The van der Waals surface area contributed by atoms with Crippen LogP contribution in [-0.2, 0) is 6.54 Å². The van der Waals surface area contributed by atoms with Gasteiger partial charge in [0, 0.05) is 29.2 Å². The van der Waals surface area contributed by atoms with Crippen molar-refractivity contribution < 1.29 is 4.79 Å². The minimum absolute atomic E-state index is 0.690. The van der Waals surface area contributed by atoms with Gasteiger partial charge in [0.15, 0.2) is 0 Å². The largest absolute Gasteiger partial charge is 0.348 e. The van der Waals surface area contributed by atoms with E-state index in [1.165, 1.54) is 29.3 Å². The first-order chi connectivity index (χ1) is 7.83. The number of benzene rings is 1. The number of aldehydes is 1. The number of rotatable bonds is 3. The van der Waals surface area contributed by atoms with Gasteiger partial charge in [0.25, 0.3) is 0 Å². The number of nitrogens with zero attached hydrogens (tertiary/aromatic N) is 1. The Morgan fingerprint density at radius 2 is 2.25 bits per heavy atom. The van der Waals surface area contributed by atoms with Crippen molar-refractivity contribution in [2.45, 2.75) is 32.2 Å². The summed E-state index contributed by atoms with van der Waals surface area (Å²) >= 11 is 0. The number of carbonyl (C=O) groups excluding carboxylic acids is 1. The van der Waals surface area contributed by atoms with E-state index in [4.69, 9.17) is 0 Å². The zero-order valence-electron chi connectivity index (χ0n) is 9.44. The van der Waals surface area contributed by atoms with Gasteiger partial charge in [0.05, 0.1) is 0 Å². The molecule has 0 radical (unpaired) electrons. The van der Waals surface area contributed by atoms with Crippen LogP contribution in [0.2, 0.25) is 0 Å². The Hall–Kier alpha value is -1.57. The molecule has 0 atom stereocenters. The van der Waals surface area contributed by atoms with E-state index in [1.54, 1.807) is 0 Å². The van der Waals surface area contributed by atoms with Gasteiger partial charge in [-0.05, 0) is 49.4 Å². The Morgan fingerprint density at radius 1 is 1.44 bits per heavy atom. The smallest absolute Gasteiger partial charge is 0.150 e. The van der Waals surface area contributed by atoms with Crippen LogP contribution < -0.4 is 0 Å². The molecule has 2 heteroatoms. The monoisotopic (exact) mass is 213 g/mol. The van der Waals surface area contributed by atoms with E-state index in [2.05, 4.69) is 29.8 Å². The Bertz CT molecular complexity index is 549. The lowest BCUT2D eigenvalue weighted by Gasteiger charge is -2.06. The van der Waals surface area contributed by atoms with Crippen molar-refractivity contribution in [1.29, 1.82) is 0 Å². The molecule has 0 saturated heterocycles. The Morgan fingerprint density at radius 3 is 2.88 bits per heavy atom. The summed E-state index contributed by atoms with van der Waals surface area (Å²) in [5.74, 6) is 0.690. The van der Waals surface area contributed by atoms with Crippen molar-refractivity contribution in [1.82, 2.24) is 4.57 Å². The van der Waals surface area contributed by atoms with Crippen LogP contribution in [0, 0.1) is 0 Å². The fourth-order valence-corrected chi connectivity index (χ4v) is 2.42. The summed E-state index contributed by atoms with van der Waals surface area (Å²) in [6.07, 6.45) is 5.62. The maximum absolute atomic E-state index is 11.0. The lowest BCUT2D eigenvalue weighted by atomic mass is 10.0. The van der Waals surface area contributed by atoms with Crippen molar-refractivity contribution in [2.75, 3.05) is 0 Å². The fourth-order valence-electron chi connectivity index (χ4n) is 2.42. The molecule has 1 aromatic carbocycles. The van der Waals surface area contributed by atoms with Crippen LogP contribution in [0.25, 0.3) is 10.9 Å². The van der Waals surface area contributed by atoms with E-state index in [-0.39, 0.29) is 0 Å². The second kappa shape index (κ2) is 3.48. The van der Waals surface area contributed by atoms with Gasteiger partial charge in [-0.3, -0.25) is 4.79 Å². The molecule has 0 unspecified atom stereocenters. The third kappa shape index (κ3) is 1.37. The Labute approximate surface area is 94.9 Å². The molecule has 82 valence electrons. The van der Waals surface area contributed by atoms with Gasteiger partial charge in [-0.25, -0.2) is 0 Å². The molecule has 0 aliphatic heterocycles. The van der Waals surface area contributed by atoms with E-state index in [1.807, 2.05) is 6.07 Å². The van der Waals surface area contributed by atoms with Crippen molar-refractivity contribution in [3.8, 4) is 0 Å². The first-order valence-electron chi connectivity index (χ1n) is 5.91. The maximum Gasteiger partial charge on any atom is 0.150 e. The molecule has 1 fully saturated rings. The molecular formula is C14H15NO. The molecule has 1 aromatic heterocycles. The summed E-state index contributed by atoms with van der Waals surface area (Å²) in [6, 6.07) is 6.24. The fraction of sp³-hybridized carbons (Fsp3) is 0.357. The maximum atomic E-state index is 11.0. The summed E-state index contributed by atoms with van der Waals surface area (Å²) in [4.78, 5) is 11.0. The summed E-state index contributed by atoms with van der Waals surface area (Å²) < 4.78 is 2.20. The molecular weight excluding hydrogens is 198 g/mol. The normalized spacial score (nSPS) is 15.6. The molecule has 3 rings (SSSR count). The van der Waals surface area contributed by atoms with Crippen LogP contribution in [0.1, 0.15) is 41.6 Å². The quantitative estimate of drug-likeness (QED) is 0.717. The molecule has 1 aliphatic rings. The second-order valence-electron chi connectivity index (χ2n) is 4.54. The Kier molecular flexibility index (Phi) is 2.10. The van der Waals surface area contributed by atoms with Crippen LogP contribution in [0.3, 0.4) is 0 Å². The number of hydrogen-bond donors (Lipinski definition) is 0. The third-order valence-corrected chi connectivity index (χ3v) is 3.44. The molecule has 0 N–H and O–H groups in total. The van der Waals surface area contributed by atoms with Crippen molar-refractivity contribution in [3.05, 3.63) is 35.5 Å². The second-order valence-corrected chi connectivity index (χ2v) is 4.54. The highest BCUT2D eigenvalue weighted by Gasteiger charge is 2.26. The summed E-state index contributed by atoms with van der Waals surface area (Å²) in [6.45, 7) is 3.08. The highest BCUT2D eigenvalue weighted by Crippen LogP contribution is 2.43. The summed E-state index contributed by atoms with van der Waals surface area (Å²) in [5.41, 5.74) is 3.38. The van der Waals surface area contributed by atoms with E-state index >= 15 is 0 Å². The number of aromatic nitrogens is 1. The van der Waals surface area contributed by atoms with E-state index in [0.717, 1.165) is 18.4 Å². The predicted molar refractivity (Wildman–Crippen MR) is 65.0 cm³/mol. The van der Waals surface area contributed by atoms with Gasteiger partial charge in [-0.15, -0.1) is 0 Å². The summed E-state index contributed by atoms with van der Waals surface area (Å²) in [7, 11) is 0. The number of fused-ring (bicyclic) bond motifs is 1. The zero-order chi connectivity index (χ0) is 11.1. The van der Waals surface area contributed by atoms with E-state index in [9.17, 15) is 4.79 Å². The van der Waals surface area contributed by atoms with E-state index in [0.29, 0.717) is 5.92 Å². The number of carbonyl (C=O) groups is 1. The van der Waals surface area contributed by atoms with Crippen LogP contribution in [0.4, 0.5) is 0 Å². The minimum Gasteiger partial charge on any atom is -0.348 e. The SMILES string of the molecule is CCn1ccc2c(C3CC3)cc(C=O)cc21. The predicted octanol–water partition coefficient (Wildman–Crippen LogP) is 3.35. The van der Waals surface area contributed by atoms with Crippen molar-refractivity contribution >= 4 is 17.2 Å². The first kappa shape index (κ1) is 9.64. The molecule has 1 saturated carbocycles. The molecule has 1 aliphatic carbocycles. The lowest BCUT2D eigenvalue weighted by molar-refractivity contribution is 0.112. The molecule has 0 amide bonds. The zero-order valence-corrected chi connectivity index (χ0v) is 9.44. The average Bonchev–Trinajstić information content (AvgIpc) is 3.08. The van der Waals surface area contributed by atoms with Crippen LogP contribution in [0.5, 0.6) is 0 Å². The molecule has 1 heterocycles. The van der Waals surface area contributed by atoms with Crippen LogP contribution in [0.15, 0.2) is 24.4 Å². The van der Waals surface area contributed by atoms with Crippen molar-refractivity contribution in [3.63, 3.8) is 0 Å². The highest BCUT2D eigenvalue weighted by molar-refractivity contribution is 5.90. The minimum atomic E-state index is 0.690. The average molecular weight is 213 g/mol. The summed E-state index contributed by atoms with van der Waals surface area (Å²) in [5, 5.41) is 1.33. The Balaban J connectivity index is 2.30. The molecule has 0 spiro atoms. The van der Waals surface area contributed by atoms with Gasteiger partial charge < -0.3 is 4.57 Å². The molecule has 2 aromatic rings. The topological polar surface area (TPSA) is 22.0 Å². The van der Waals surface area contributed by atoms with Crippen molar-refractivity contribution in [2.24, 2.45) is 0 Å². The standard InChI is InChI=1S/C14H15NO/c1-2-15-6-5-12-13(11-3-4-11)7-10(9-16)8-14(12)15/h5-9,11H,2-4H2,1H3. The van der Waals surface area contributed by atoms with E-state index < -0.39 is 0 Å². The van der Waals surface area contributed by atoms with Gasteiger partial charge in [-0.1, -0.05) is 0 Å². The number of aryl methyl sites for hydroxylation is 1. The molecule has 16 heavy (non-hydrogen) atoms. The molecule has 2 nitrogen and oxygen atoms in total. The van der Waals surface area contributed by atoms with Gasteiger partial charge in [-0.2, -0.15) is 0 Å². The third-order valence-electron chi connectivity index (χ3n) is 3.44. The lowest BCUT2D eigenvalue weighted by Crippen LogP contribution is -1.93.